The van der Waals surface area contributed by atoms with Crippen molar-refractivity contribution in [2.75, 3.05) is 0 Å². The zero-order valence-electron chi connectivity index (χ0n) is 8.29. The van der Waals surface area contributed by atoms with E-state index in [1.807, 2.05) is 25.1 Å². The van der Waals surface area contributed by atoms with Crippen LogP contribution in [0.1, 0.15) is 24.6 Å². The van der Waals surface area contributed by atoms with Gasteiger partial charge < -0.3 is 5.11 Å². The van der Waals surface area contributed by atoms with E-state index in [2.05, 4.69) is 6.58 Å². The summed E-state index contributed by atoms with van der Waals surface area (Å²) in [6.07, 6.45) is 4.08. The van der Waals surface area contributed by atoms with Gasteiger partial charge in [-0.3, -0.25) is 0 Å². The number of halogens is 1. The SMILES string of the molecule is C=CCCC(C)(O)Cc1ccc(Cl)s1. The number of allylic oxidation sites excluding steroid dienone is 1. The van der Waals surface area contributed by atoms with E-state index in [4.69, 9.17) is 11.6 Å². The monoisotopic (exact) mass is 230 g/mol. The molecule has 1 N–H and O–H groups in total. The zero-order chi connectivity index (χ0) is 10.6. The average molecular weight is 231 g/mol. The fourth-order valence-corrected chi connectivity index (χ4v) is 2.59. The van der Waals surface area contributed by atoms with E-state index >= 15 is 0 Å². The van der Waals surface area contributed by atoms with Gasteiger partial charge in [-0.05, 0) is 31.9 Å². The zero-order valence-corrected chi connectivity index (χ0v) is 9.87. The Morgan fingerprint density at radius 2 is 2.36 bits per heavy atom. The Kier molecular flexibility index (Phi) is 4.17. The molecule has 0 aliphatic carbocycles. The third-order valence-corrected chi connectivity index (χ3v) is 3.30. The number of rotatable bonds is 5. The highest BCUT2D eigenvalue weighted by molar-refractivity contribution is 7.16. The molecule has 1 aromatic rings. The fraction of sp³-hybridized carbons (Fsp3) is 0.455. The second-order valence-corrected chi connectivity index (χ2v) is 5.51. The highest BCUT2D eigenvalue weighted by atomic mass is 35.5. The normalized spacial score (nSPS) is 15.1. The minimum Gasteiger partial charge on any atom is -0.390 e. The molecule has 0 saturated carbocycles. The molecule has 0 aliphatic heterocycles. The van der Waals surface area contributed by atoms with Crippen molar-refractivity contribution in [1.29, 1.82) is 0 Å². The summed E-state index contributed by atoms with van der Waals surface area (Å²) < 4.78 is 0.777. The summed E-state index contributed by atoms with van der Waals surface area (Å²) in [6.45, 7) is 5.50. The van der Waals surface area contributed by atoms with E-state index in [9.17, 15) is 5.11 Å². The van der Waals surface area contributed by atoms with Gasteiger partial charge in [0.05, 0.1) is 9.94 Å². The first-order valence-electron chi connectivity index (χ1n) is 4.61. The van der Waals surface area contributed by atoms with Gasteiger partial charge in [0.1, 0.15) is 0 Å². The van der Waals surface area contributed by atoms with Crippen molar-refractivity contribution in [2.45, 2.75) is 31.8 Å². The molecule has 1 rings (SSSR count). The molecule has 0 fully saturated rings. The Hall–Kier alpha value is -0.310. The minimum atomic E-state index is -0.650. The largest absolute Gasteiger partial charge is 0.390 e. The smallest absolute Gasteiger partial charge is 0.0931 e. The van der Waals surface area contributed by atoms with Crippen molar-refractivity contribution in [1.82, 2.24) is 0 Å². The van der Waals surface area contributed by atoms with E-state index in [1.165, 1.54) is 11.3 Å². The lowest BCUT2D eigenvalue weighted by Gasteiger charge is -2.21. The second-order valence-electron chi connectivity index (χ2n) is 3.71. The number of hydrogen-bond donors (Lipinski definition) is 1. The summed E-state index contributed by atoms with van der Waals surface area (Å²) in [5.41, 5.74) is -0.650. The van der Waals surface area contributed by atoms with Crippen LogP contribution in [0.4, 0.5) is 0 Å². The van der Waals surface area contributed by atoms with E-state index in [-0.39, 0.29) is 0 Å². The van der Waals surface area contributed by atoms with Crippen molar-refractivity contribution >= 4 is 22.9 Å². The lowest BCUT2D eigenvalue weighted by molar-refractivity contribution is 0.0531. The van der Waals surface area contributed by atoms with Crippen molar-refractivity contribution in [3.05, 3.63) is 34.0 Å². The molecule has 0 bridgehead atoms. The van der Waals surface area contributed by atoms with Gasteiger partial charge in [-0.15, -0.1) is 17.9 Å². The van der Waals surface area contributed by atoms with Crippen LogP contribution in [0.15, 0.2) is 24.8 Å². The van der Waals surface area contributed by atoms with Crippen LogP contribution in [0, 0.1) is 0 Å². The van der Waals surface area contributed by atoms with Crippen molar-refractivity contribution in [3.8, 4) is 0 Å². The highest BCUT2D eigenvalue weighted by Gasteiger charge is 2.20. The van der Waals surface area contributed by atoms with Crippen LogP contribution in [-0.2, 0) is 6.42 Å². The quantitative estimate of drug-likeness (QED) is 0.766. The summed E-state index contributed by atoms with van der Waals surface area (Å²) in [7, 11) is 0. The van der Waals surface area contributed by atoms with Gasteiger partial charge in [0.15, 0.2) is 0 Å². The standard InChI is InChI=1S/C11H15ClOS/c1-3-4-7-11(2,13)8-9-5-6-10(12)14-9/h3,5-6,13H,1,4,7-8H2,2H3. The summed E-state index contributed by atoms with van der Waals surface area (Å²) in [4.78, 5) is 1.13. The first kappa shape index (κ1) is 11.8. The van der Waals surface area contributed by atoms with Crippen LogP contribution in [0.2, 0.25) is 4.34 Å². The van der Waals surface area contributed by atoms with Crippen LogP contribution in [0.3, 0.4) is 0 Å². The molecule has 0 radical (unpaired) electrons. The van der Waals surface area contributed by atoms with Crippen molar-refractivity contribution < 1.29 is 5.11 Å². The Morgan fingerprint density at radius 1 is 1.64 bits per heavy atom. The molecule has 0 amide bonds. The molecule has 1 heterocycles. The molecule has 1 aromatic heterocycles. The molecule has 1 atom stereocenters. The summed E-state index contributed by atoms with van der Waals surface area (Å²) in [5.74, 6) is 0. The molecular formula is C11H15ClOS. The van der Waals surface area contributed by atoms with E-state index < -0.39 is 5.60 Å². The maximum Gasteiger partial charge on any atom is 0.0931 e. The van der Waals surface area contributed by atoms with Crippen LogP contribution >= 0.6 is 22.9 Å². The molecule has 1 nitrogen and oxygen atoms in total. The van der Waals surface area contributed by atoms with Gasteiger partial charge >= 0.3 is 0 Å². The third-order valence-electron chi connectivity index (χ3n) is 2.07. The topological polar surface area (TPSA) is 20.2 Å². The molecule has 3 heteroatoms. The van der Waals surface area contributed by atoms with Crippen molar-refractivity contribution in [2.24, 2.45) is 0 Å². The highest BCUT2D eigenvalue weighted by Crippen LogP contribution is 2.27. The maximum atomic E-state index is 10.0. The molecule has 78 valence electrons. The van der Waals surface area contributed by atoms with Gasteiger partial charge in [0.2, 0.25) is 0 Å². The van der Waals surface area contributed by atoms with Crippen LogP contribution in [0.5, 0.6) is 0 Å². The molecule has 0 aliphatic rings. The van der Waals surface area contributed by atoms with Gasteiger partial charge in [0, 0.05) is 11.3 Å². The summed E-state index contributed by atoms with van der Waals surface area (Å²) >= 11 is 7.34. The minimum absolute atomic E-state index is 0.650. The van der Waals surface area contributed by atoms with Gasteiger partial charge in [-0.25, -0.2) is 0 Å². The first-order chi connectivity index (χ1) is 6.53. The Bertz CT molecular complexity index is 304. The molecule has 1 unspecified atom stereocenters. The lowest BCUT2D eigenvalue weighted by Crippen LogP contribution is -2.26. The lowest BCUT2D eigenvalue weighted by atomic mass is 9.95. The van der Waals surface area contributed by atoms with Crippen LogP contribution in [-0.4, -0.2) is 10.7 Å². The Morgan fingerprint density at radius 3 is 2.86 bits per heavy atom. The average Bonchev–Trinajstić information content (AvgIpc) is 2.47. The van der Waals surface area contributed by atoms with Crippen LogP contribution < -0.4 is 0 Å². The van der Waals surface area contributed by atoms with E-state index in [1.54, 1.807) is 0 Å². The predicted octanol–water partition coefficient (Wildman–Crippen LogP) is 3.66. The van der Waals surface area contributed by atoms with Gasteiger partial charge in [0.25, 0.3) is 0 Å². The molecule has 14 heavy (non-hydrogen) atoms. The van der Waals surface area contributed by atoms with Crippen LogP contribution in [0.25, 0.3) is 0 Å². The fourth-order valence-electron chi connectivity index (χ4n) is 1.32. The Labute approximate surface area is 94.0 Å². The maximum absolute atomic E-state index is 10.0. The third kappa shape index (κ3) is 3.82. The molecule has 0 saturated heterocycles. The molecule has 0 spiro atoms. The summed E-state index contributed by atoms with van der Waals surface area (Å²) in [5, 5.41) is 10.0. The Balaban J connectivity index is 2.53. The molecular weight excluding hydrogens is 216 g/mol. The molecule has 0 aromatic carbocycles. The van der Waals surface area contributed by atoms with Gasteiger partial charge in [-0.2, -0.15) is 0 Å². The number of aliphatic hydroxyl groups is 1. The van der Waals surface area contributed by atoms with Gasteiger partial charge in [-0.1, -0.05) is 17.7 Å². The summed E-state index contributed by atoms with van der Waals surface area (Å²) in [6, 6.07) is 3.83. The van der Waals surface area contributed by atoms with Crippen molar-refractivity contribution in [3.63, 3.8) is 0 Å². The predicted molar refractivity (Wildman–Crippen MR) is 63.1 cm³/mol. The first-order valence-corrected chi connectivity index (χ1v) is 5.80. The second kappa shape index (κ2) is 4.96. The number of hydrogen-bond acceptors (Lipinski definition) is 2. The number of thiophene rings is 1. The van der Waals surface area contributed by atoms with E-state index in [0.29, 0.717) is 6.42 Å². The van der Waals surface area contributed by atoms with E-state index in [0.717, 1.165) is 22.1 Å².